The molecule has 3 heteroatoms. The minimum absolute atomic E-state index is 0.245. The summed E-state index contributed by atoms with van der Waals surface area (Å²) in [6.45, 7) is 4.40. The number of hydrogen-bond acceptors (Lipinski definition) is 2. The average Bonchev–Trinajstić information content (AvgIpc) is 2.44. The third kappa shape index (κ3) is 2.27. The van der Waals surface area contributed by atoms with Crippen molar-refractivity contribution in [1.29, 1.82) is 0 Å². The van der Waals surface area contributed by atoms with E-state index in [1.54, 1.807) is 0 Å². The monoisotopic (exact) mass is 258 g/mol. The van der Waals surface area contributed by atoms with Gasteiger partial charge in [0.2, 0.25) is 5.91 Å². The number of fused-ring (bicyclic) bond motifs is 1. The molecule has 1 aromatic carbocycles. The number of rotatable bonds is 1. The molecule has 102 valence electrons. The Balaban J connectivity index is 1.99. The van der Waals surface area contributed by atoms with Crippen LogP contribution in [0.1, 0.15) is 41.9 Å². The van der Waals surface area contributed by atoms with Crippen LogP contribution >= 0.6 is 0 Å². The summed E-state index contributed by atoms with van der Waals surface area (Å²) in [5.74, 6) is 0.894. The molecule has 1 amide bonds. The van der Waals surface area contributed by atoms with E-state index in [1.807, 2.05) is 11.9 Å². The van der Waals surface area contributed by atoms with Crippen LogP contribution in [0.15, 0.2) is 12.1 Å². The zero-order valence-electron chi connectivity index (χ0n) is 11.8. The lowest BCUT2D eigenvalue weighted by atomic mass is 9.86. The highest BCUT2D eigenvalue weighted by atomic mass is 16.2. The first kappa shape index (κ1) is 12.7. The summed E-state index contributed by atoms with van der Waals surface area (Å²) in [4.78, 5) is 13.7. The maximum atomic E-state index is 11.9. The quantitative estimate of drug-likeness (QED) is 0.838. The summed E-state index contributed by atoms with van der Waals surface area (Å²) in [7, 11) is 1.91. The van der Waals surface area contributed by atoms with Gasteiger partial charge in [-0.3, -0.25) is 4.79 Å². The second kappa shape index (κ2) is 4.97. The Kier molecular flexibility index (Phi) is 3.31. The molecule has 0 aliphatic carbocycles. The van der Waals surface area contributed by atoms with Gasteiger partial charge in [0.15, 0.2) is 0 Å². The highest BCUT2D eigenvalue weighted by molar-refractivity contribution is 5.96. The van der Waals surface area contributed by atoms with Crippen LogP contribution in [0.25, 0.3) is 0 Å². The number of carbonyl (C=O) groups is 1. The molecule has 0 atom stereocenters. The second-order valence-electron chi connectivity index (χ2n) is 5.81. The molecule has 19 heavy (non-hydrogen) atoms. The number of hydrogen-bond donors (Lipinski definition) is 1. The molecule has 0 radical (unpaired) electrons. The first-order valence-electron chi connectivity index (χ1n) is 7.27. The van der Waals surface area contributed by atoms with Gasteiger partial charge in [-0.05, 0) is 68.0 Å². The predicted molar refractivity (Wildman–Crippen MR) is 77.8 cm³/mol. The Hall–Kier alpha value is -1.35. The molecular formula is C16H22N2O. The van der Waals surface area contributed by atoms with E-state index >= 15 is 0 Å². The van der Waals surface area contributed by atoms with E-state index in [0.29, 0.717) is 12.3 Å². The zero-order chi connectivity index (χ0) is 13.4. The van der Waals surface area contributed by atoms with Gasteiger partial charge in [-0.25, -0.2) is 0 Å². The Morgan fingerprint density at radius 1 is 1.21 bits per heavy atom. The van der Waals surface area contributed by atoms with Crippen molar-refractivity contribution in [2.75, 3.05) is 25.0 Å². The van der Waals surface area contributed by atoms with Crippen molar-refractivity contribution in [3.05, 3.63) is 28.8 Å². The summed E-state index contributed by atoms with van der Waals surface area (Å²) in [6.07, 6.45) is 3.96. The molecule has 2 aliphatic rings. The van der Waals surface area contributed by atoms with Crippen molar-refractivity contribution < 1.29 is 4.79 Å². The maximum absolute atomic E-state index is 11.9. The minimum atomic E-state index is 0.245. The van der Waals surface area contributed by atoms with Crippen LogP contribution in [0.2, 0.25) is 0 Å². The van der Waals surface area contributed by atoms with Gasteiger partial charge in [0, 0.05) is 19.2 Å². The standard InChI is InChI=1S/C16H22N2O/c1-11-9-13(12-5-7-17-8-6-12)10-15-14(11)3-4-16(19)18(15)2/h9-10,12,17H,3-8H2,1-2H3. The lowest BCUT2D eigenvalue weighted by Crippen LogP contribution is -2.32. The maximum Gasteiger partial charge on any atom is 0.227 e. The number of benzene rings is 1. The van der Waals surface area contributed by atoms with Crippen molar-refractivity contribution in [2.24, 2.45) is 0 Å². The molecule has 0 spiro atoms. The Morgan fingerprint density at radius 3 is 2.68 bits per heavy atom. The molecule has 0 bridgehead atoms. The number of anilines is 1. The van der Waals surface area contributed by atoms with E-state index in [9.17, 15) is 4.79 Å². The van der Waals surface area contributed by atoms with Crippen LogP contribution in [0.5, 0.6) is 0 Å². The van der Waals surface area contributed by atoms with Crippen LogP contribution in [-0.4, -0.2) is 26.0 Å². The van der Waals surface area contributed by atoms with Crippen molar-refractivity contribution in [3.63, 3.8) is 0 Å². The molecule has 3 rings (SSSR count). The molecule has 2 aliphatic heterocycles. The van der Waals surface area contributed by atoms with E-state index < -0.39 is 0 Å². The van der Waals surface area contributed by atoms with E-state index in [2.05, 4.69) is 24.4 Å². The molecule has 1 fully saturated rings. The number of nitrogens with one attached hydrogen (secondary N) is 1. The smallest absolute Gasteiger partial charge is 0.227 e. The van der Waals surface area contributed by atoms with Crippen LogP contribution in [0, 0.1) is 6.92 Å². The fraction of sp³-hybridized carbons (Fsp3) is 0.562. The molecule has 0 unspecified atom stereocenters. The number of carbonyl (C=O) groups excluding carboxylic acids is 1. The van der Waals surface area contributed by atoms with E-state index in [4.69, 9.17) is 0 Å². The summed E-state index contributed by atoms with van der Waals surface area (Å²) in [5.41, 5.74) is 5.27. The molecule has 1 N–H and O–H groups in total. The molecule has 0 aromatic heterocycles. The predicted octanol–water partition coefficient (Wildman–Crippen LogP) is 2.37. The molecule has 2 heterocycles. The average molecular weight is 258 g/mol. The number of amides is 1. The summed E-state index contributed by atoms with van der Waals surface area (Å²) < 4.78 is 0. The first-order chi connectivity index (χ1) is 9.16. The van der Waals surface area contributed by atoms with Gasteiger partial charge in [-0.1, -0.05) is 6.07 Å². The van der Waals surface area contributed by atoms with E-state index in [1.165, 1.54) is 29.5 Å². The van der Waals surface area contributed by atoms with Gasteiger partial charge in [-0.15, -0.1) is 0 Å². The van der Waals surface area contributed by atoms with Gasteiger partial charge in [0.25, 0.3) is 0 Å². The van der Waals surface area contributed by atoms with Gasteiger partial charge < -0.3 is 10.2 Å². The van der Waals surface area contributed by atoms with Gasteiger partial charge >= 0.3 is 0 Å². The van der Waals surface area contributed by atoms with Crippen LogP contribution < -0.4 is 10.2 Å². The van der Waals surface area contributed by atoms with Crippen molar-refractivity contribution in [2.45, 2.75) is 38.5 Å². The number of nitrogens with zero attached hydrogens (tertiary/aromatic N) is 1. The topological polar surface area (TPSA) is 32.3 Å². The van der Waals surface area contributed by atoms with E-state index in [0.717, 1.165) is 25.2 Å². The third-order valence-corrected chi connectivity index (χ3v) is 4.61. The lowest BCUT2D eigenvalue weighted by molar-refractivity contribution is -0.118. The van der Waals surface area contributed by atoms with Crippen molar-refractivity contribution >= 4 is 11.6 Å². The van der Waals surface area contributed by atoms with Crippen LogP contribution in [-0.2, 0) is 11.2 Å². The zero-order valence-corrected chi connectivity index (χ0v) is 11.8. The highest BCUT2D eigenvalue weighted by Gasteiger charge is 2.24. The normalized spacial score (nSPS) is 20.5. The number of aryl methyl sites for hydroxylation is 1. The largest absolute Gasteiger partial charge is 0.317 e. The van der Waals surface area contributed by atoms with Gasteiger partial charge in [-0.2, -0.15) is 0 Å². The molecule has 0 saturated carbocycles. The molecule has 3 nitrogen and oxygen atoms in total. The van der Waals surface area contributed by atoms with Crippen LogP contribution in [0.4, 0.5) is 5.69 Å². The Bertz CT molecular complexity index is 504. The van der Waals surface area contributed by atoms with Gasteiger partial charge in [0.1, 0.15) is 0 Å². The highest BCUT2D eigenvalue weighted by Crippen LogP contribution is 2.35. The fourth-order valence-corrected chi connectivity index (χ4v) is 3.38. The molecular weight excluding hydrogens is 236 g/mol. The van der Waals surface area contributed by atoms with Crippen LogP contribution in [0.3, 0.4) is 0 Å². The second-order valence-corrected chi connectivity index (χ2v) is 5.81. The summed E-state index contributed by atoms with van der Waals surface area (Å²) in [6, 6.07) is 4.60. The summed E-state index contributed by atoms with van der Waals surface area (Å²) >= 11 is 0. The number of piperidine rings is 1. The first-order valence-corrected chi connectivity index (χ1v) is 7.27. The van der Waals surface area contributed by atoms with Gasteiger partial charge in [0.05, 0.1) is 0 Å². The minimum Gasteiger partial charge on any atom is -0.317 e. The molecule has 1 aromatic rings. The third-order valence-electron chi connectivity index (χ3n) is 4.61. The Labute approximate surface area is 115 Å². The SMILES string of the molecule is Cc1cc(C2CCNCC2)cc2c1CCC(=O)N2C. The lowest BCUT2D eigenvalue weighted by Gasteiger charge is -2.30. The summed E-state index contributed by atoms with van der Waals surface area (Å²) in [5, 5.41) is 3.41. The fourth-order valence-electron chi connectivity index (χ4n) is 3.38. The Morgan fingerprint density at radius 2 is 1.95 bits per heavy atom. The van der Waals surface area contributed by atoms with Crippen molar-refractivity contribution in [1.82, 2.24) is 5.32 Å². The molecule has 1 saturated heterocycles. The van der Waals surface area contributed by atoms with E-state index in [-0.39, 0.29) is 5.91 Å². The van der Waals surface area contributed by atoms with Crippen molar-refractivity contribution in [3.8, 4) is 0 Å².